The Balaban J connectivity index is 2.51. The molecule has 0 aromatic rings. The van der Waals surface area contributed by atoms with Gasteiger partial charge in [0.05, 0.1) is 5.41 Å². The average Bonchev–Trinajstić information content (AvgIpc) is 2.04. The fraction of sp³-hybridized carbons (Fsp3) is 0.889. The lowest BCUT2D eigenvalue weighted by Crippen LogP contribution is -2.51. The van der Waals surface area contributed by atoms with Crippen LogP contribution in [0.15, 0.2) is 0 Å². The molecule has 13 heavy (non-hydrogen) atoms. The van der Waals surface area contributed by atoms with E-state index in [1.165, 1.54) is 0 Å². The van der Waals surface area contributed by atoms with Crippen LogP contribution in [0.5, 0.6) is 0 Å². The second-order valence-electron chi connectivity index (χ2n) is 4.18. The minimum atomic E-state index is -0.234. The van der Waals surface area contributed by atoms with Gasteiger partial charge in [0.25, 0.3) is 0 Å². The van der Waals surface area contributed by atoms with Crippen LogP contribution >= 0.6 is 0 Å². The van der Waals surface area contributed by atoms with Crippen LogP contribution in [-0.2, 0) is 4.79 Å². The lowest BCUT2D eigenvalue weighted by molar-refractivity contribution is -0.135. The molecule has 1 aliphatic heterocycles. The molecule has 1 heterocycles. The summed E-state index contributed by atoms with van der Waals surface area (Å²) in [6, 6.07) is 0. The highest BCUT2D eigenvalue weighted by molar-refractivity contribution is 5.82. The minimum Gasteiger partial charge on any atom is -0.316 e. The molecule has 0 radical (unpaired) electrons. The Morgan fingerprint density at radius 3 is 2.69 bits per heavy atom. The van der Waals surface area contributed by atoms with Crippen molar-refractivity contribution in [2.24, 2.45) is 5.41 Å². The third kappa shape index (κ3) is 2.67. The van der Waals surface area contributed by atoms with Crippen LogP contribution in [0.1, 0.15) is 19.8 Å². The Bertz CT molecular complexity index is 185. The van der Waals surface area contributed by atoms with Gasteiger partial charge < -0.3 is 5.32 Å². The summed E-state index contributed by atoms with van der Waals surface area (Å²) >= 11 is 0. The Morgan fingerprint density at radius 1 is 1.54 bits per heavy atom. The van der Waals surface area contributed by atoms with Crippen LogP contribution in [0.25, 0.3) is 0 Å². The van der Waals surface area contributed by atoms with Gasteiger partial charge in [0.1, 0.15) is 0 Å². The zero-order valence-corrected chi connectivity index (χ0v) is 8.68. The molecule has 1 aliphatic rings. The molecule has 4 heteroatoms. The highest BCUT2D eigenvalue weighted by atomic mass is 16.2. The summed E-state index contributed by atoms with van der Waals surface area (Å²) in [4.78, 5) is 11.7. The number of hydrogen-bond donors (Lipinski definition) is 2. The Labute approximate surface area is 79.6 Å². The summed E-state index contributed by atoms with van der Waals surface area (Å²) in [5, 5.41) is 4.95. The van der Waals surface area contributed by atoms with Gasteiger partial charge in [-0.1, -0.05) is 0 Å². The van der Waals surface area contributed by atoms with Gasteiger partial charge in [0.2, 0.25) is 5.91 Å². The van der Waals surface area contributed by atoms with Crippen LogP contribution in [0.2, 0.25) is 0 Å². The van der Waals surface area contributed by atoms with E-state index in [2.05, 4.69) is 10.7 Å². The summed E-state index contributed by atoms with van der Waals surface area (Å²) in [5.41, 5.74) is 2.57. The number of carbonyl (C=O) groups is 1. The molecule has 1 rings (SSSR count). The van der Waals surface area contributed by atoms with Gasteiger partial charge in [0, 0.05) is 20.6 Å². The number of hydrazine groups is 1. The van der Waals surface area contributed by atoms with Crippen molar-refractivity contribution >= 4 is 5.91 Å². The largest absolute Gasteiger partial charge is 0.316 e. The van der Waals surface area contributed by atoms with Gasteiger partial charge >= 0.3 is 0 Å². The van der Waals surface area contributed by atoms with Crippen molar-refractivity contribution in [2.45, 2.75) is 19.8 Å². The molecule has 0 aromatic carbocycles. The summed E-state index contributed by atoms with van der Waals surface area (Å²) in [6.07, 6.45) is 2.05. The van der Waals surface area contributed by atoms with Crippen molar-refractivity contribution in [3.05, 3.63) is 0 Å². The maximum atomic E-state index is 11.7. The second-order valence-corrected chi connectivity index (χ2v) is 4.18. The molecule has 1 amide bonds. The summed E-state index contributed by atoms with van der Waals surface area (Å²) in [5.74, 6) is 0.115. The van der Waals surface area contributed by atoms with Crippen LogP contribution in [0, 0.1) is 5.41 Å². The second kappa shape index (κ2) is 4.07. The normalized spacial score (nSPS) is 28.9. The average molecular weight is 185 g/mol. The molecule has 0 aliphatic carbocycles. The topological polar surface area (TPSA) is 44.4 Å². The first-order chi connectivity index (χ1) is 6.04. The lowest BCUT2D eigenvalue weighted by Gasteiger charge is -2.33. The molecule has 1 fully saturated rings. The van der Waals surface area contributed by atoms with Crippen molar-refractivity contribution in [1.82, 2.24) is 15.8 Å². The van der Waals surface area contributed by atoms with Gasteiger partial charge in [0.15, 0.2) is 0 Å². The molecule has 2 N–H and O–H groups in total. The molecule has 0 bridgehead atoms. The molecular formula is C9H19N3O. The number of nitrogens with zero attached hydrogens (tertiary/aromatic N) is 1. The molecule has 1 unspecified atom stereocenters. The monoisotopic (exact) mass is 185 g/mol. The summed E-state index contributed by atoms with van der Waals surface area (Å²) in [7, 11) is 3.66. The van der Waals surface area contributed by atoms with E-state index in [4.69, 9.17) is 0 Å². The first-order valence-corrected chi connectivity index (χ1v) is 4.74. The summed E-state index contributed by atoms with van der Waals surface area (Å²) in [6.45, 7) is 3.83. The number of nitrogens with one attached hydrogen (secondary N) is 2. The molecule has 76 valence electrons. The van der Waals surface area contributed by atoms with Crippen molar-refractivity contribution in [3.8, 4) is 0 Å². The van der Waals surface area contributed by atoms with E-state index >= 15 is 0 Å². The maximum absolute atomic E-state index is 11.7. The zero-order chi connectivity index (χ0) is 9.90. The van der Waals surface area contributed by atoms with Gasteiger partial charge in [-0.15, -0.1) is 0 Å². The highest BCUT2D eigenvalue weighted by Crippen LogP contribution is 2.25. The third-order valence-electron chi connectivity index (χ3n) is 2.47. The lowest BCUT2D eigenvalue weighted by atomic mass is 9.82. The molecule has 1 atom stereocenters. The Hall–Kier alpha value is -0.610. The SMILES string of the molecule is CN(C)NC(=O)C1(C)CCCNC1. The van der Waals surface area contributed by atoms with E-state index < -0.39 is 0 Å². The predicted octanol–water partition coefficient (Wildman–Crippen LogP) is -0.0311. The summed E-state index contributed by atoms with van der Waals surface area (Å²) < 4.78 is 0. The van der Waals surface area contributed by atoms with Gasteiger partial charge in [-0.2, -0.15) is 0 Å². The molecule has 1 saturated heterocycles. The number of amides is 1. The maximum Gasteiger partial charge on any atom is 0.241 e. The Morgan fingerprint density at radius 2 is 2.23 bits per heavy atom. The zero-order valence-electron chi connectivity index (χ0n) is 8.68. The van der Waals surface area contributed by atoms with E-state index in [1.54, 1.807) is 5.01 Å². The quantitative estimate of drug-likeness (QED) is 0.594. The highest BCUT2D eigenvalue weighted by Gasteiger charge is 2.34. The van der Waals surface area contributed by atoms with Crippen molar-refractivity contribution in [1.29, 1.82) is 0 Å². The fourth-order valence-corrected chi connectivity index (χ4v) is 1.59. The third-order valence-corrected chi connectivity index (χ3v) is 2.47. The van der Waals surface area contributed by atoms with E-state index in [1.807, 2.05) is 21.0 Å². The van der Waals surface area contributed by atoms with Crippen molar-refractivity contribution < 1.29 is 4.79 Å². The molecule has 0 saturated carbocycles. The first-order valence-electron chi connectivity index (χ1n) is 4.74. The molecule has 4 nitrogen and oxygen atoms in total. The standard InChI is InChI=1S/C9H19N3O/c1-9(5-4-6-10-7-9)8(13)11-12(2)3/h10H,4-7H2,1-3H3,(H,11,13). The van der Waals surface area contributed by atoms with Gasteiger partial charge in [-0.25, -0.2) is 5.01 Å². The first kappa shape index (κ1) is 10.5. The number of piperidine rings is 1. The van der Waals surface area contributed by atoms with Crippen molar-refractivity contribution in [2.75, 3.05) is 27.2 Å². The molecule has 0 aromatic heterocycles. The van der Waals surface area contributed by atoms with Gasteiger partial charge in [-0.3, -0.25) is 10.2 Å². The van der Waals surface area contributed by atoms with Crippen LogP contribution in [-0.4, -0.2) is 38.1 Å². The van der Waals surface area contributed by atoms with E-state index in [9.17, 15) is 4.79 Å². The molecule has 0 spiro atoms. The van der Waals surface area contributed by atoms with Crippen molar-refractivity contribution in [3.63, 3.8) is 0 Å². The number of carbonyl (C=O) groups excluding carboxylic acids is 1. The van der Waals surface area contributed by atoms with E-state index in [0.29, 0.717) is 0 Å². The predicted molar refractivity (Wildman–Crippen MR) is 52.0 cm³/mol. The fourth-order valence-electron chi connectivity index (χ4n) is 1.59. The number of hydrogen-bond acceptors (Lipinski definition) is 3. The van der Waals surface area contributed by atoms with Crippen LogP contribution in [0.4, 0.5) is 0 Å². The molecular weight excluding hydrogens is 166 g/mol. The minimum absolute atomic E-state index is 0.115. The van der Waals surface area contributed by atoms with E-state index in [0.717, 1.165) is 25.9 Å². The van der Waals surface area contributed by atoms with Crippen LogP contribution in [0.3, 0.4) is 0 Å². The smallest absolute Gasteiger partial charge is 0.241 e. The van der Waals surface area contributed by atoms with Crippen LogP contribution < -0.4 is 10.7 Å². The van der Waals surface area contributed by atoms with Gasteiger partial charge in [-0.05, 0) is 26.3 Å². The Kier molecular flexibility index (Phi) is 3.27. The number of rotatable bonds is 2. The van der Waals surface area contributed by atoms with E-state index in [-0.39, 0.29) is 11.3 Å².